The van der Waals surface area contributed by atoms with Crippen molar-refractivity contribution in [2.24, 2.45) is 0 Å². The van der Waals surface area contributed by atoms with Crippen LogP contribution in [-0.2, 0) is 0 Å². The second-order valence-electron chi connectivity index (χ2n) is 5.30. The molecule has 2 aromatic carbocycles. The van der Waals surface area contributed by atoms with E-state index >= 15 is 0 Å². The number of amides is 1. The van der Waals surface area contributed by atoms with E-state index in [2.05, 4.69) is 25.2 Å². The summed E-state index contributed by atoms with van der Waals surface area (Å²) in [6.07, 6.45) is 0. The molecule has 1 aliphatic rings. The molecule has 4 nitrogen and oxygen atoms in total. The van der Waals surface area contributed by atoms with Crippen molar-refractivity contribution < 1.29 is 14.3 Å². The van der Waals surface area contributed by atoms with Crippen molar-refractivity contribution in [2.75, 3.05) is 12.1 Å². The number of carbonyl (C=O) groups is 1. The third-order valence-corrected chi connectivity index (χ3v) is 3.45. The van der Waals surface area contributed by atoms with E-state index in [1.165, 1.54) is 5.56 Å². The molecule has 1 heterocycles. The number of rotatable bonds is 3. The van der Waals surface area contributed by atoms with Crippen LogP contribution in [-0.4, -0.2) is 12.7 Å². The molecule has 3 rings (SSSR count). The average molecular weight is 283 g/mol. The van der Waals surface area contributed by atoms with Crippen LogP contribution in [0.3, 0.4) is 0 Å². The topological polar surface area (TPSA) is 47.6 Å². The number of ether oxygens (including phenoxy) is 2. The Hall–Kier alpha value is -2.49. The number of hydrogen-bond acceptors (Lipinski definition) is 3. The standard InChI is InChI=1S/C17H17NO3/c1-11(2)12-4-3-5-14(8-12)18-17(19)13-6-7-15-16(9-13)21-10-20-15/h3-9,11H,10H2,1-2H3,(H,18,19). The Kier molecular flexibility index (Phi) is 3.52. The van der Waals surface area contributed by atoms with Gasteiger partial charge in [0.05, 0.1) is 0 Å². The molecule has 21 heavy (non-hydrogen) atoms. The van der Waals surface area contributed by atoms with Crippen LogP contribution in [0, 0.1) is 0 Å². The van der Waals surface area contributed by atoms with Crippen LogP contribution >= 0.6 is 0 Å². The number of hydrogen-bond donors (Lipinski definition) is 1. The van der Waals surface area contributed by atoms with E-state index in [1.807, 2.05) is 18.2 Å². The fourth-order valence-electron chi connectivity index (χ4n) is 2.22. The Morgan fingerprint density at radius 2 is 1.90 bits per heavy atom. The highest BCUT2D eigenvalue weighted by Crippen LogP contribution is 2.32. The van der Waals surface area contributed by atoms with E-state index in [0.717, 1.165) is 5.69 Å². The van der Waals surface area contributed by atoms with Gasteiger partial charge in [-0.25, -0.2) is 0 Å². The van der Waals surface area contributed by atoms with E-state index in [4.69, 9.17) is 9.47 Å². The van der Waals surface area contributed by atoms with Gasteiger partial charge in [-0.3, -0.25) is 4.79 Å². The van der Waals surface area contributed by atoms with Gasteiger partial charge in [0, 0.05) is 11.3 Å². The summed E-state index contributed by atoms with van der Waals surface area (Å²) >= 11 is 0. The van der Waals surface area contributed by atoms with E-state index in [-0.39, 0.29) is 12.7 Å². The van der Waals surface area contributed by atoms with Crippen molar-refractivity contribution in [3.8, 4) is 11.5 Å². The number of benzene rings is 2. The molecule has 2 aromatic rings. The minimum atomic E-state index is -0.158. The van der Waals surface area contributed by atoms with Gasteiger partial charge in [-0.15, -0.1) is 0 Å². The van der Waals surface area contributed by atoms with Crippen molar-refractivity contribution in [3.63, 3.8) is 0 Å². The lowest BCUT2D eigenvalue weighted by Gasteiger charge is -2.10. The van der Waals surface area contributed by atoms with E-state index in [9.17, 15) is 4.79 Å². The van der Waals surface area contributed by atoms with Gasteiger partial charge in [-0.05, 0) is 41.8 Å². The number of nitrogens with one attached hydrogen (secondary N) is 1. The second kappa shape index (κ2) is 5.48. The molecule has 0 atom stereocenters. The van der Waals surface area contributed by atoms with Gasteiger partial charge in [-0.1, -0.05) is 26.0 Å². The van der Waals surface area contributed by atoms with Crippen LogP contribution in [0.5, 0.6) is 11.5 Å². The van der Waals surface area contributed by atoms with Crippen molar-refractivity contribution in [1.82, 2.24) is 0 Å². The first kappa shape index (κ1) is 13.5. The number of carbonyl (C=O) groups excluding carboxylic acids is 1. The summed E-state index contributed by atoms with van der Waals surface area (Å²) < 4.78 is 10.5. The maximum atomic E-state index is 12.3. The van der Waals surface area contributed by atoms with Gasteiger partial charge in [0.15, 0.2) is 11.5 Å². The summed E-state index contributed by atoms with van der Waals surface area (Å²) in [6, 6.07) is 13.1. The molecule has 1 N–H and O–H groups in total. The second-order valence-corrected chi connectivity index (χ2v) is 5.30. The summed E-state index contributed by atoms with van der Waals surface area (Å²) in [5.74, 6) is 1.55. The first-order valence-corrected chi connectivity index (χ1v) is 6.94. The predicted octanol–water partition coefficient (Wildman–Crippen LogP) is 3.79. The molecule has 0 unspecified atom stereocenters. The number of fused-ring (bicyclic) bond motifs is 1. The highest BCUT2D eigenvalue weighted by molar-refractivity contribution is 6.04. The predicted molar refractivity (Wildman–Crippen MR) is 81.0 cm³/mol. The van der Waals surface area contributed by atoms with Crippen LogP contribution in [0.15, 0.2) is 42.5 Å². The molecule has 1 aliphatic heterocycles. The first-order chi connectivity index (χ1) is 10.1. The average Bonchev–Trinajstić information content (AvgIpc) is 2.94. The Morgan fingerprint density at radius 3 is 2.71 bits per heavy atom. The summed E-state index contributed by atoms with van der Waals surface area (Å²) in [4.78, 5) is 12.3. The van der Waals surface area contributed by atoms with Gasteiger partial charge < -0.3 is 14.8 Å². The van der Waals surface area contributed by atoms with Gasteiger partial charge in [0.2, 0.25) is 6.79 Å². The third kappa shape index (κ3) is 2.84. The first-order valence-electron chi connectivity index (χ1n) is 6.94. The molecular weight excluding hydrogens is 266 g/mol. The molecule has 0 saturated heterocycles. The lowest BCUT2D eigenvalue weighted by molar-refractivity contribution is 0.102. The van der Waals surface area contributed by atoms with E-state index in [0.29, 0.717) is 23.0 Å². The number of anilines is 1. The SMILES string of the molecule is CC(C)c1cccc(NC(=O)c2ccc3c(c2)OCO3)c1. The molecular formula is C17H17NO3. The molecule has 0 bridgehead atoms. The molecule has 1 amide bonds. The smallest absolute Gasteiger partial charge is 0.255 e. The van der Waals surface area contributed by atoms with Crippen LogP contribution in [0.25, 0.3) is 0 Å². The molecule has 0 radical (unpaired) electrons. The zero-order valence-corrected chi connectivity index (χ0v) is 12.1. The maximum absolute atomic E-state index is 12.3. The Morgan fingerprint density at radius 1 is 1.10 bits per heavy atom. The highest BCUT2D eigenvalue weighted by Gasteiger charge is 2.16. The maximum Gasteiger partial charge on any atom is 0.255 e. The minimum absolute atomic E-state index is 0.158. The molecule has 0 aliphatic carbocycles. The molecule has 0 saturated carbocycles. The fourth-order valence-corrected chi connectivity index (χ4v) is 2.22. The van der Waals surface area contributed by atoms with E-state index in [1.54, 1.807) is 18.2 Å². The van der Waals surface area contributed by atoms with Crippen molar-refractivity contribution in [3.05, 3.63) is 53.6 Å². The largest absolute Gasteiger partial charge is 0.454 e. The van der Waals surface area contributed by atoms with Crippen molar-refractivity contribution in [1.29, 1.82) is 0 Å². The molecule has 0 fully saturated rings. The highest BCUT2D eigenvalue weighted by atomic mass is 16.7. The summed E-state index contributed by atoms with van der Waals surface area (Å²) in [5, 5.41) is 2.91. The Labute approximate surface area is 123 Å². The minimum Gasteiger partial charge on any atom is -0.454 e. The Balaban J connectivity index is 1.78. The van der Waals surface area contributed by atoms with E-state index < -0.39 is 0 Å². The van der Waals surface area contributed by atoms with Gasteiger partial charge >= 0.3 is 0 Å². The van der Waals surface area contributed by atoms with Crippen LogP contribution in [0.4, 0.5) is 5.69 Å². The van der Waals surface area contributed by atoms with Crippen LogP contribution in [0.2, 0.25) is 0 Å². The third-order valence-electron chi connectivity index (χ3n) is 3.45. The van der Waals surface area contributed by atoms with Crippen LogP contribution < -0.4 is 14.8 Å². The van der Waals surface area contributed by atoms with Gasteiger partial charge in [-0.2, -0.15) is 0 Å². The van der Waals surface area contributed by atoms with Gasteiger partial charge in [0.1, 0.15) is 0 Å². The summed E-state index contributed by atoms with van der Waals surface area (Å²) in [6.45, 7) is 4.45. The van der Waals surface area contributed by atoms with Crippen molar-refractivity contribution in [2.45, 2.75) is 19.8 Å². The molecule has 108 valence electrons. The molecule has 0 spiro atoms. The zero-order chi connectivity index (χ0) is 14.8. The molecule has 4 heteroatoms. The normalized spacial score (nSPS) is 12.5. The molecule has 0 aromatic heterocycles. The van der Waals surface area contributed by atoms with Crippen molar-refractivity contribution >= 4 is 11.6 Å². The van der Waals surface area contributed by atoms with Crippen LogP contribution in [0.1, 0.15) is 35.7 Å². The summed E-state index contributed by atoms with van der Waals surface area (Å²) in [7, 11) is 0. The fraction of sp³-hybridized carbons (Fsp3) is 0.235. The Bertz CT molecular complexity index is 679. The monoisotopic (exact) mass is 283 g/mol. The lowest BCUT2D eigenvalue weighted by atomic mass is 10.0. The zero-order valence-electron chi connectivity index (χ0n) is 12.1. The van der Waals surface area contributed by atoms with Gasteiger partial charge in [0.25, 0.3) is 5.91 Å². The quantitative estimate of drug-likeness (QED) is 0.932. The summed E-state index contributed by atoms with van der Waals surface area (Å²) in [5.41, 5.74) is 2.54. The lowest BCUT2D eigenvalue weighted by Crippen LogP contribution is -2.12.